The first-order valence-electron chi connectivity index (χ1n) is 9.36. The quantitative estimate of drug-likeness (QED) is 0.644. The van der Waals surface area contributed by atoms with Crippen LogP contribution in [-0.2, 0) is 24.9 Å². The van der Waals surface area contributed by atoms with Crippen LogP contribution in [0, 0.1) is 0 Å². The van der Waals surface area contributed by atoms with Gasteiger partial charge in [0, 0.05) is 45.6 Å². The van der Waals surface area contributed by atoms with Crippen LogP contribution in [0.2, 0.25) is 0 Å². The van der Waals surface area contributed by atoms with Gasteiger partial charge in [0.1, 0.15) is 18.2 Å². The number of likely N-dealkylation sites (tertiary alicyclic amines) is 1. The molecule has 1 atom stereocenters. The highest BCUT2D eigenvalue weighted by atomic mass is 16.5. The number of rotatable bonds is 6. The number of carbonyl (C=O) groups excluding carboxylic acids is 1. The standard InChI is InChI=1S/C19H24N6O3/c1-23-17(11-24-9-7-20-13-24)21-22-18(23)14-4-3-8-25(10-14)19(26)16-6-5-15(28-16)12-27-2/h5-7,9,13-14H,3-4,8,10-12H2,1-2H3/t14-/m1/s1. The normalized spacial score (nSPS) is 17.2. The summed E-state index contributed by atoms with van der Waals surface area (Å²) in [7, 11) is 3.58. The SMILES string of the molecule is COCc1ccc(C(=O)N2CCC[C@@H](c3nnc(Cn4ccnc4)n3C)C2)o1. The molecule has 1 saturated heterocycles. The lowest BCUT2D eigenvalue weighted by molar-refractivity contribution is 0.0664. The zero-order valence-electron chi connectivity index (χ0n) is 16.1. The molecule has 0 N–H and O–H groups in total. The van der Waals surface area contributed by atoms with Crippen LogP contribution in [0.1, 0.15) is 46.7 Å². The molecule has 0 radical (unpaired) electrons. The van der Waals surface area contributed by atoms with Crippen molar-refractivity contribution in [3.05, 3.63) is 54.0 Å². The molecular formula is C19H24N6O3. The average Bonchev–Trinajstić information content (AvgIpc) is 3.45. The van der Waals surface area contributed by atoms with E-state index < -0.39 is 0 Å². The maximum absolute atomic E-state index is 12.8. The minimum Gasteiger partial charge on any atom is -0.453 e. The Kier molecular flexibility index (Phi) is 5.25. The minimum absolute atomic E-state index is 0.0899. The lowest BCUT2D eigenvalue weighted by atomic mass is 9.97. The van der Waals surface area contributed by atoms with E-state index in [4.69, 9.17) is 9.15 Å². The van der Waals surface area contributed by atoms with E-state index in [-0.39, 0.29) is 11.8 Å². The second-order valence-electron chi connectivity index (χ2n) is 7.06. The van der Waals surface area contributed by atoms with E-state index in [2.05, 4.69) is 15.2 Å². The number of methoxy groups -OCH3 is 1. The van der Waals surface area contributed by atoms with Crippen molar-refractivity contribution in [1.82, 2.24) is 29.2 Å². The maximum atomic E-state index is 12.8. The van der Waals surface area contributed by atoms with Crippen molar-refractivity contribution in [1.29, 1.82) is 0 Å². The fourth-order valence-corrected chi connectivity index (χ4v) is 3.65. The van der Waals surface area contributed by atoms with Crippen LogP contribution in [-0.4, -0.2) is 55.3 Å². The van der Waals surface area contributed by atoms with Crippen LogP contribution in [0.15, 0.2) is 35.3 Å². The van der Waals surface area contributed by atoms with E-state index in [1.807, 2.05) is 27.3 Å². The van der Waals surface area contributed by atoms with Crippen molar-refractivity contribution in [3.8, 4) is 0 Å². The van der Waals surface area contributed by atoms with Gasteiger partial charge in [-0.3, -0.25) is 4.79 Å². The molecule has 3 aromatic heterocycles. The largest absolute Gasteiger partial charge is 0.453 e. The highest BCUT2D eigenvalue weighted by molar-refractivity contribution is 5.91. The zero-order chi connectivity index (χ0) is 19.5. The molecular weight excluding hydrogens is 360 g/mol. The lowest BCUT2D eigenvalue weighted by Crippen LogP contribution is -2.39. The molecule has 28 heavy (non-hydrogen) atoms. The molecule has 0 aromatic carbocycles. The Balaban J connectivity index is 1.46. The minimum atomic E-state index is -0.0899. The third-order valence-corrected chi connectivity index (χ3v) is 5.11. The van der Waals surface area contributed by atoms with Gasteiger partial charge in [0.15, 0.2) is 11.6 Å². The summed E-state index contributed by atoms with van der Waals surface area (Å²) in [5.41, 5.74) is 0. The summed E-state index contributed by atoms with van der Waals surface area (Å²) >= 11 is 0. The number of furan rings is 1. The Morgan fingerprint density at radius 1 is 1.36 bits per heavy atom. The van der Waals surface area contributed by atoms with E-state index in [9.17, 15) is 4.79 Å². The van der Waals surface area contributed by atoms with Gasteiger partial charge in [-0.15, -0.1) is 10.2 Å². The van der Waals surface area contributed by atoms with Crippen molar-refractivity contribution < 1.29 is 13.9 Å². The van der Waals surface area contributed by atoms with Crippen LogP contribution in [0.5, 0.6) is 0 Å². The molecule has 4 heterocycles. The van der Waals surface area contributed by atoms with Crippen molar-refractivity contribution in [2.75, 3.05) is 20.2 Å². The van der Waals surface area contributed by atoms with E-state index in [1.165, 1.54) is 0 Å². The highest BCUT2D eigenvalue weighted by Crippen LogP contribution is 2.27. The number of hydrogen-bond donors (Lipinski definition) is 0. The maximum Gasteiger partial charge on any atom is 0.289 e. The number of piperidine rings is 1. The van der Waals surface area contributed by atoms with Gasteiger partial charge < -0.3 is 23.2 Å². The number of amides is 1. The monoisotopic (exact) mass is 384 g/mol. The van der Waals surface area contributed by atoms with Crippen LogP contribution in [0.4, 0.5) is 0 Å². The first-order valence-corrected chi connectivity index (χ1v) is 9.36. The second kappa shape index (κ2) is 7.97. The van der Waals surface area contributed by atoms with E-state index >= 15 is 0 Å². The van der Waals surface area contributed by atoms with Gasteiger partial charge in [-0.05, 0) is 25.0 Å². The molecule has 0 spiro atoms. The summed E-state index contributed by atoms with van der Waals surface area (Å²) in [6, 6.07) is 3.50. The molecule has 0 aliphatic carbocycles. The summed E-state index contributed by atoms with van der Waals surface area (Å²) in [6.07, 6.45) is 7.31. The van der Waals surface area contributed by atoms with Crippen LogP contribution < -0.4 is 0 Å². The molecule has 9 heteroatoms. The molecule has 1 aliphatic rings. The summed E-state index contributed by atoms with van der Waals surface area (Å²) in [4.78, 5) is 18.7. The predicted molar refractivity (Wildman–Crippen MR) is 99.6 cm³/mol. The Morgan fingerprint density at radius 2 is 2.25 bits per heavy atom. The lowest BCUT2D eigenvalue weighted by Gasteiger charge is -2.31. The Hall–Kier alpha value is -2.94. The molecule has 0 unspecified atom stereocenters. The van der Waals surface area contributed by atoms with Gasteiger partial charge >= 0.3 is 0 Å². The fraction of sp³-hybridized carbons (Fsp3) is 0.474. The van der Waals surface area contributed by atoms with Crippen molar-refractivity contribution >= 4 is 5.91 Å². The van der Waals surface area contributed by atoms with Crippen LogP contribution >= 0.6 is 0 Å². The second-order valence-corrected chi connectivity index (χ2v) is 7.06. The first kappa shape index (κ1) is 18.4. The van der Waals surface area contributed by atoms with Crippen molar-refractivity contribution in [2.24, 2.45) is 7.05 Å². The number of imidazole rings is 1. The molecule has 4 rings (SSSR count). The van der Waals surface area contributed by atoms with E-state index in [1.54, 1.807) is 31.8 Å². The predicted octanol–water partition coefficient (Wildman–Crippen LogP) is 1.82. The van der Waals surface area contributed by atoms with E-state index in [0.717, 1.165) is 31.0 Å². The molecule has 1 fully saturated rings. The van der Waals surface area contributed by atoms with Gasteiger partial charge in [0.2, 0.25) is 0 Å². The summed E-state index contributed by atoms with van der Waals surface area (Å²) in [6.45, 7) is 2.30. The molecule has 148 valence electrons. The Bertz CT molecular complexity index is 930. The Morgan fingerprint density at radius 3 is 3.04 bits per heavy atom. The molecule has 1 amide bonds. The molecule has 9 nitrogen and oxygen atoms in total. The Labute approximate surface area is 162 Å². The van der Waals surface area contributed by atoms with Gasteiger partial charge in [0.25, 0.3) is 5.91 Å². The summed E-state index contributed by atoms with van der Waals surface area (Å²) in [5, 5.41) is 8.76. The number of hydrogen-bond acceptors (Lipinski definition) is 6. The first-order chi connectivity index (χ1) is 13.7. The van der Waals surface area contributed by atoms with Gasteiger partial charge in [0.05, 0.1) is 12.9 Å². The van der Waals surface area contributed by atoms with Crippen molar-refractivity contribution in [3.63, 3.8) is 0 Å². The number of aromatic nitrogens is 5. The summed E-state index contributed by atoms with van der Waals surface area (Å²) < 4.78 is 14.6. The van der Waals surface area contributed by atoms with Gasteiger partial charge in [-0.2, -0.15) is 0 Å². The van der Waals surface area contributed by atoms with Crippen molar-refractivity contribution in [2.45, 2.75) is 31.9 Å². The van der Waals surface area contributed by atoms with Gasteiger partial charge in [-0.25, -0.2) is 4.98 Å². The third kappa shape index (κ3) is 3.70. The smallest absolute Gasteiger partial charge is 0.289 e. The zero-order valence-corrected chi connectivity index (χ0v) is 16.1. The highest BCUT2D eigenvalue weighted by Gasteiger charge is 2.30. The van der Waals surface area contributed by atoms with E-state index in [0.29, 0.717) is 31.2 Å². The number of carbonyl (C=O) groups is 1. The molecule has 3 aromatic rings. The van der Waals surface area contributed by atoms with Crippen LogP contribution in [0.25, 0.3) is 0 Å². The fourth-order valence-electron chi connectivity index (χ4n) is 3.65. The van der Waals surface area contributed by atoms with Gasteiger partial charge in [-0.1, -0.05) is 0 Å². The molecule has 1 aliphatic heterocycles. The average molecular weight is 384 g/mol. The molecule has 0 bridgehead atoms. The van der Waals surface area contributed by atoms with Crippen LogP contribution in [0.3, 0.4) is 0 Å². The number of nitrogens with zero attached hydrogens (tertiary/aromatic N) is 6. The molecule has 0 saturated carbocycles. The summed E-state index contributed by atoms with van der Waals surface area (Å²) in [5.74, 6) is 2.84. The topological polar surface area (TPSA) is 91.2 Å². The number of ether oxygens (including phenoxy) is 1. The third-order valence-electron chi connectivity index (χ3n) is 5.11.